The van der Waals surface area contributed by atoms with Crippen molar-refractivity contribution < 1.29 is 9.53 Å². The molecule has 1 N–H and O–H groups in total. The maximum atomic E-state index is 11.9. The highest BCUT2D eigenvalue weighted by Crippen LogP contribution is 2.31. The molecule has 5 nitrogen and oxygen atoms in total. The number of halogens is 2. The second-order valence-corrected chi connectivity index (χ2v) is 5.57. The Kier molecular flexibility index (Phi) is 6.93. The first kappa shape index (κ1) is 18.2. The van der Waals surface area contributed by atoms with Gasteiger partial charge in [-0.3, -0.25) is 9.89 Å². The number of nitrogens with zero attached hydrogens (tertiary/aromatic N) is 2. The zero-order valence-corrected chi connectivity index (χ0v) is 14.2. The van der Waals surface area contributed by atoms with E-state index in [0.29, 0.717) is 6.61 Å². The first-order chi connectivity index (χ1) is 9.28. The number of fused-ring (bicyclic) bond motifs is 1. The molecule has 0 fully saturated rings. The van der Waals surface area contributed by atoms with Crippen LogP contribution in [0.5, 0.6) is 0 Å². The molecule has 2 aliphatic heterocycles. The molecule has 0 spiro atoms. The number of hydrogen-bond donors (Lipinski definition) is 1. The number of ether oxygens (including phenoxy) is 1. The minimum atomic E-state index is -0.188. The van der Waals surface area contributed by atoms with E-state index in [1.165, 1.54) is 16.9 Å². The second-order valence-electron chi connectivity index (χ2n) is 4.69. The molecule has 3 rings (SSSR count). The molecule has 0 saturated carbocycles. The van der Waals surface area contributed by atoms with E-state index >= 15 is 0 Å². The van der Waals surface area contributed by atoms with E-state index in [-0.39, 0.29) is 30.8 Å². The number of aliphatic imine (C=N–C) groups is 1. The van der Waals surface area contributed by atoms with Crippen LogP contribution in [0.3, 0.4) is 0 Å². The Morgan fingerprint density at radius 1 is 1.48 bits per heavy atom. The predicted octanol–water partition coefficient (Wildman–Crippen LogP) is 2.09. The smallest absolute Gasteiger partial charge is 0.348 e. The van der Waals surface area contributed by atoms with Crippen molar-refractivity contribution in [2.45, 2.75) is 20.0 Å². The van der Waals surface area contributed by atoms with Gasteiger partial charge in [-0.05, 0) is 23.4 Å². The summed E-state index contributed by atoms with van der Waals surface area (Å²) < 4.78 is 5.10. The number of carbonyl (C=O) groups excluding carboxylic acids is 1. The largest absolute Gasteiger partial charge is 0.462 e. The van der Waals surface area contributed by atoms with E-state index in [9.17, 15) is 4.79 Å². The zero-order chi connectivity index (χ0) is 13.2. The second kappa shape index (κ2) is 7.98. The molecule has 0 unspecified atom stereocenters. The van der Waals surface area contributed by atoms with Crippen molar-refractivity contribution in [3.8, 4) is 0 Å². The Hall–Kier alpha value is -0.820. The summed E-state index contributed by atoms with van der Waals surface area (Å²) in [5.41, 5.74) is 2.40. The molecule has 0 aliphatic carbocycles. The first-order valence-electron chi connectivity index (χ1n) is 6.54. The van der Waals surface area contributed by atoms with Crippen LogP contribution >= 0.6 is 36.2 Å². The van der Waals surface area contributed by atoms with Crippen LogP contribution in [0.4, 0.5) is 0 Å². The van der Waals surface area contributed by atoms with Gasteiger partial charge in [0, 0.05) is 19.6 Å². The normalized spacial score (nSPS) is 16.3. The summed E-state index contributed by atoms with van der Waals surface area (Å²) in [6.45, 7) is 6.62. The number of carbonyl (C=O) groups is 1. The molecule has 21 heavy (non-hydrogen) atoms. The first-order valence-corrected chi connectivity index (χ1v) is 7.41. The SMILES string of the molecule is CCOC(=O)c1scc2c1CN(CC1=NCCN1)C2.Cl.Cl. The summed E-state index contributed by atoms with van der Waals surface area (Å²) in [5.74, 6) is 0.874. The summed E-state index contributed by atoms with van der Waals surface area (Å²) >= 11 is 1.50. The lowest BCUT2D eigenvalue weighted by atomic mass is 10.2. The van der Waals surface area contributed by atoms with Gasteiger partial charge in [-0.1, -0.05) is 0 Å². The molecule has 0 atom stereocenters. The average molecular weight is 352 g/mol. The summed E-state index contributed by atoms with van der Waals surface area (Å²) in [6, 6.07) is 0. The van der Waals surface area contributed by atoms with Gasteiger partial charge in [0.05, 0.1) is 19.7 Å². The monoisotopic (exact) mass is 351 g/mol. The van der Waals surface area contributed by atoms with E-state index in [0.717, 1.165) is 49.0 Å². The lowest BCUT2D eigenvalue weighted by Crippen LogP contribution is -2.32. The molecule has 0 aromatic carbocycles. The van der Waals surface area contributed by atoms with Crippen LogP contribution in [0, 0.1) is 0 Å². The van der Waals surface area contributed by atoms with Gasteiger partial charge in [0.25, 0.3) is 0 Å². The van der Waals surface area contributed by atoms with Crippen LogP contribution in [0.25, 0.3) is 0 Å². The van der Waals surface area contributed by atoms with E-state index in [1.54, 1.807) is 0 Å². The lowest BCUT2D eigenvalue weighted by Gasteiger charge is -2.15. The molecule has 0 amide bonds. The summed E-state index contributed by atoms with van der Waals surface area (Å²) in [7, 11) is 0. The van der Waals surface area contributed by atoms with Crippen LogP contribution < -0.4 is 5.32 Å². The molecule has 0 bridgehead atoms. The van der Waals surface area contributed by atoms with Gasteiger partial charge in [0.1, 0.15) is 10.7 Å². The third-order valence-corrected chi connectivity index (χ3v) is 4.39. The van der Waals surface area contributed by atoms with Crippen LogP contribution in [0.15, 0.2) is 10.4 Å². The standard InChI is InChI=1S/C13H17N3O2S.2ClH/c1-2-18-13(17)12-10-6-16(5-9(10)8-19-12)7-11-14-3-4-15-11;;/h8H,2-7H2,1H3,(H,14,15);2*1H. The van der Waals surface area contributed by atoms with E-state index in [2.05, 4.69) is 20.6 Å². The number of rotatable bonds is 4. The number of esters is 1. The molecule has 0 radical (unpaired) electrons. The van der Waals surface area contributed by atoms with Gasteiger partial charge >= 0.3 is 5.97 Å². The molecule has 8 heteroatoms. The Morgan fingerprint density at radius 2 is 2.29 bits per heavy atom. The number of nitrogens with one attached hydrogen (secondary N) is 1. The van der Waals surface area contributed by atoms with Crippen molar-refractivity contribution in [2.24, 2.45) is 4.99 Å². The predicted molar refractivity (Wildman–Crippen MR) is 89.2 cm³/mol. The van der Waals surface area contributed by atoms with Gasteiger partial charge in [0.15, 0.2) is 0 Å². The third-order valence-electron chi connectivity index (χ3n) is 3.33. The van der Waals surface area contributed by atoms with Gasteiger partial charge in [0.2, 0.25) is 0 Å². The molecular weight excluding hydrogens is 333 g/mol. The highest BCUT2D eigenvalue weighted by molar-refractivity contribution is 7.12. The fraction of sp³-hybridized carbons (Fsp3) is 0.538. The van der Waals surface area contributed by atoms with Crippen molar-refractivity contribution in [3.63, 3.8) is 0 Å². The maximum absolute atomic E-state index is 11.9. The van der Waals surface area contributed by atoms with Crippen LogP contribution in [0.1, 0.15) is 27.7 Å². The van der Waals surface area contributed by atoms with Gasteiger partial charge in [-0.25, -0.2) is 4.79 Å². The van der Waals surface area contributed by atoms with Crippen molar-refractivity contribution >= 4 is 48.0 Å². The van der Waals surface area contributed by atoms with E-state index in [4.69, 9.17) is 4.74 Å². The molecule has 1 aromatic heterocycles. The Morgan fingerprint density at radius 3 is 2.95 bits per heavy atom. The lowest BCUT2D eigenvalue weighted by molar-refractivity contribution is 0.0530. The van der Waals surface area contributed by atoms with Crippen molar-refractivity contribution in [1.82, 2.24) is 10.2 Å². The number of hydrogen-bond acceptors (Lipinski definition) is 6. The molecule has 3 heterocycles. The Balaban J connectivity index is 0.00000110. The van der Waals surface area contributed by atoms with Crippen LogP contribution in [-0.4, -0.2) is 42.9 Å². The topological polar surface area (TPSA) is 53.9 Å². The molecular formula is C13H19Cl2N3O2S. The van der Waals surface area contributed by atoms with Crippen LogP contribution in [-0.2, 0) is 17.8 Å². The Bertz CT molecular complexity index is 533. The highest BCUT2D eigenvalue weighted by atomic mass is 35.5. The van der Waals surface area contributed by atoms with Crippen molar-refractivity contribution in [1.29, 1.82) is 0 Å². The minimum Gasteiger partial charge on any atom is -0.462 e. The minimum absolute atomic E-state index is 0. The highest BCUT2D eigenvalue weighted by Gasteiger charge is 2.27. The zero-order valence-electron chi connectivity index (χ0n) is 11.8. The molecule has 118 valence electrons. The molecule has 1 aromatic rings. The van der Waals surface area contributed by atoms with Gasteiger partial charge < -0.3 is 10.1 Å². The number of thiophene rings is 1. The van der Waals surface area contributed by atoms with Crippen molar-refractivity contribution in [3.05, 3.63) is 21.4 Å². The van der Waals surface area contributed by atoms with E-state index < -0.39 is 0 Å². The fourth-order valence-electron chi connectivity index (χ4n) is 2.49. The van der Waals surface area contributed by atoms with Crippen LogP contribution in [0.2, 0.25) is 0 Å². The van der Waals surface area contributed by atoms with Gasteiger partial charge in [-0.2, -0.15) is 0 Å². The number of amidine groups is 1. The average Bonchev–Trinajstić information content (AvgIpc) is 3.05. The fourth-order valence-corrected chi connectivity index (χ4v) is 3.46. The quantitative estimate of drug-likeness (QED) is 0.843. The summed E-state index contributed by atoms with van der Waals surface area (Å²) in [6.07, 6.45) is 0. The molecule has 0 saturated heterocycles. The summed E-state index contributed by atoms with van der Waals surface area (Å²) in [5, 5.41) is 5.35. The molecule has 2 aliphatic rings. The van der Waals surface area contributed by atoms with Crippen molar-refractivity contribution in [2.75, 3.05) is 26.2 Å². The third kappa shape index (κ3) is 3.88. The van der Waals surface area contributed by atoms with E-state index in [1.807, 2.05) is 6.92 Å². The Labute approximate surface area is 140 Å². The van der Waals surface area contributed by atoms with Gasteiger partial charge in [-0.15, -0.1) is 36.2 Å². The summed E-state index contributed by atoms with van der Waals surface area (Å²) in [4.78, 5) is 19.3. The maximum Gasteiger partial charge on any atom is 0.348 e.